The topological polar surface area (TPSA) is 122 Å². The number of anilines is 2. The number of primary amides is 1. The first kappa shape index (κ1) is 26.3. The van der Waals surface area contributed by atoms with E-state index in [-0.39, 0.29) is 16.2 Å². The first-order valence-electron chi connectivity index (χ1n) is 9.55. The van der Waals surface area contributed by atoms with Crippen molar-refractivity contribution in [3.8, 4) is 0 Å². The first-order valence-corrected chi connectivity index (χ1v) is 10.3. The van der Waals surface area contributed by atoms with Crippen LogP contribution in [0.15, 0.2) is 53.0 Å². The van der Waals surface area contributed by atoms with Crippen LogP contribution in [0.2, 0.25) is 0 Å². The molecule has 0 aliphatic heterocycles. The van der Waals surface area contributed by atoms with Crippen LogP contribution in [0.1, 0.15) is 20.7 Å². The molecule has 36 heavy (non-hydrogen) atoms. The van der Waals surface area contributed by atoms with Gasteiger partial charge in [-0.15, -0.1) is 0 Å². The van der Waals surface area contributed by atoms with Gasteiger partial charge in [0, 0.05) is 15.7 Å². The van der Waals surface area contributed by atoms with Gasteiger partial charge in [0.2, 0.25) is 0 Å². The van der Waals surface area contributed by atoms with Crippen molar-refractivity contribution in [2.24, 2.45) is 5.73 Å². The monoisotopic (exact) mass is 570 g/mol. The average molecular weight is 571 g/mol. The molecule has 0 aliphatic rings. The van der Waals surface area contributed by atoms with Gasteiger partial charge in [0.1, 0.15) is 22.9 Å². The van der Waals surface area contributed by atoms with Gasteiger partial charge in [-0.1, -0.05) is 6.07 Å². The lowest BCUT2D eigenvalue weighted by Crippen LogP contribution is -2.42. The Labute approximate surface area is 207 Å². The summed E-state index contributed by atoms with van der Waals surface area (Å²) in [6.45, 7) is 0. The van der Waals surface area contributed by atoms with Crippen molar-refractivity contribution in [3.63, 3.8) is 0 Å². The number of halogens is 6. The number of carbonyl (C=O) groups excluding carboxylic acids is 4. The van der Waals surface area contributed by atoms with Crippen LogP contribution in [-0.2, 0) is 0 Å². The molecular weight excluding hydrogens is 559 g/mol. The predicted molar refractivity (Wildman–Crippen MR) is 120 cm³/mol. The summed E-state index contributed by atoms with van der Waals surface area (Å²) in [6, 6.07) is 4.85. The highest BCUT2D eigenvalue weighted by Gasteiger charge is 2.31. The smallest absolute Gasteiger partial charge is 0.326 e. The highest BCUT2D eigenvalue weighted by Crippen LogP contribution is 2.33. The van der Waals surface area contributed by atoms with Crippen molar-refractivity contribution in [1.29, 1.82) is 0 Å². The number of nitrogens with one attached hydrogen (secondary N) is 2. The molecule has 0 atom stereocenters. The molecule has 3 rings (SSSR count). The molecule has 0 aliphatic carbocycles. The molecule has 6 amide bonds. The predicted octanol–water partition coefficient (Wildman–Crippen LogP) is 4.83. The molecule has 186 valence electrons. The molecule has 0 aromatic heterocycles. The first-order chi connectivity index (χ1) is 16.9. The number of imide groups is 2. The summed E-state index contributed by atoms with van der Waals surface area (Å²) < 4.78 is 68.3. The summed E-state index contributed by atoms with van der Waals surface area (Å²) in [6.07, 6.45) is 0. The Balaban J connectivity index is 1.78. The van der Waals surface area contributed by atoms with Crippen molar-refractivity contribution in [2.75, 3.05) is 10.2 Å². The molecule has 3 aromatic carbocycles. The van der Waals surface area contributed by atoms with E-state index >= 15 is 0 Å². The van der Waals surface area contributed by atoms with Crippen molar-refractivity contribution in [2.45, 2.75) is 0 Å². The number of hydrogen-bond donors (Lipinski definition) is 3. The number of amides is 6. The van der Waals surface area contributed by atoms with Gasteiger partial charge in [0.25, 0.3) is 11.8 Å². The lowest BCUT2D eigenvalue weighted by atomic mass is 10.1. The maximum Gasteiger partial charge on any atom is 0.326 e. The van der Waals surface area contributed by atoms with E-state index in [1.165, 1.54) is 0 Å². The van der Waals surface area contributed by atoms with Crippen molar-refractivity contribution in [1.82, 2.24) is 5.32 Å². The van der Waals surface area contributed by atoms with Crippen LogP contribution in [-0.4, -0.2) is 23.9 Å². The molecule has 0 heterocycles. The fraction of sp³-hybridized carbons (Fsp3) is 0. The molecular formula is C22H12BrF5N4O4. The van der Waals surface area contributed by atoms with Gasteiger partial charge in [-0.2, -0.15) is 0 Å². The second-order valence-electron chi connectivity index (χ2n) is 6.88. The van der Waals surface area contributed by atoms with E-state index in [1.807, 2.05) is 0 Å². The van der Waals surface area contributed by atoms with Crippen LogP contribution >= 0.6 is 15.9 Å². The number of nitrogens with two attached hydrogens (primary N) is 1. The molecule has 0 fully saturated rings. The SMILES string of the molecule is NC(=O)N(C(=O)c1ccc(NC(=O)NC(=O)c2c(F)cccc2F)cc1)c1c(Br)cc(F)c(F)c1F. The maximum atomic E-state index is 14.3. The van der Waals surface area contributed by atoms with E-state index in [4.69, 9.17) is 5.73 Å². The van der Waals surface area contributed by atoms with Crippen molar-refractivity contribution >= 4 is 51.2 Å². The Morgan fingerprint density at radius 2 is 1.42 bits per heavy atom. The van der Waals surface area contributed by atoms with Gasteiger partial charge in [0.15, 0.2) is 17.5 Å². The molecule has 0 bridgehead atoms. The Bertz CT molecular complexity index is 1380. The normalized spacial score (nSPS) is 10.5. The number of carbonyl (C=O) groups is 4. The standard InChI is InChI=1S/C22H12BrF5N4O4/c23-11-8-14(26)16(27)17(28)18(11)32(21(29)35)20(34)9-4-6-10(7-5-9)30-22(36)31-19(33)15-12(24)2-1-3-13(15)25/h1-8H,(H2,29,35)(H2,30,31,33,36). The highest BCUT2D eigenvalue weighted by atomic mass is 79.9. The van der Waals surface area contributed by atoms with Gasteiger partial charge < -0.3 is 11.1 Å². The highest BCUT2D eigenvalue weighted by molar-refractivity contribution is 9.10. The third kappa shape index (κ3) is 5.33. The van der Waals surface area contributed by atoms with E-state index in [2.05, 4.69) is 21.2 Å². The largest absolute Gasteiger partial charge is 0.351 e. The number of hydrogen-bond acceptors (Lipinski definition) is 4. The molecule has 4 N–H and O–H groups in total. The number of urea groups is 2. The van der Waals surface area contributed by atoms with Crippen LogP contribution in [0.25, 0.3) is 0 Å². The fourth-order valence-electron chi connectivity index (χ4n) is 2.94. The van der Waals surface area contributed by atoms with E-state index in [0.717, 1.165) is 42.5 Å². The molecule has 8 nitrogen and oxygen atoms in total. The van der Waals surface area contributed by atoms with Gasteiger partial charge in [-0.3, -0.25) is 14.9 Å². The van der Waals surface area contributed by atoms with Gasteiger partial charge in [-0.25, -0.2) is 36.4 Å². The third-order valence-electron chi connectivity index (χ3n) is 4.54. The summed E-state index contributed by atoms with van der Waals surface area (Å²) in [4.78, 5) is 48.7. The van der Waals surface area contributed by atoms with Crippen LogP contribution in [0.4, 0.5) is 42.9 Å². The minimum atomic E-state index is -1.94. The van der Waals surface area contributed by atoms with E-state index in [0.29, 0.717) is 6.07 Å². The lowest BCUT2D eigenvalue weighted by Gasteiger charge is -2.21. The quantitative estimate of drug-likeness (QED) is 0.236. The molecule has 0 saturated carbocycles. The minimum absolute atomic E-state index is 0.0170. The molecule has 3 aromatic rings. The summed E-state index contributed by atoms with van der Waals surface area (Å²) in [7, 11) is 0. The molecule has 0 radical (unpaired) electrons. The van der Waals surface area contributed by atoms with Crippen LogP contribution in [0, 0.1) is 29.1 Å². The fourth-order valence-corrected chi connectivity index (χ4v) is 3.49. The van der Waals surface area contributed by atoms with E-state index < -0.39 is 68.7 Å². The minimum Gasteiger partial charge on any atom is -0.351 e. The van der Waals surface area contributed by atoms with Crippen LogP contribution < -0.4 is 21.3 Å². The van der Waals surface area contributed by atoms with Gasteiger partial charge in [0.05, 0.1) is 0 Å². The van der Waals surface area contributed by atoms with Crippen LogP contribution in [0.3, 0.4) is 0 Å². The van der Waals surface area contributed by atoms with Crippen molar-refractivity contribution < 1.29 is 41.1 Å². The molecule has 0 spiro atoms. The lowest BCUT2D eigenvalue weighted by molar-refractivity contribution is 0.0956. The number of nitrogens with zero attached hydrogens (tertiary/aromatic N) is 1. The van der Waals surface area contributed by atoms with Crippen LogP contribution in [0.5, 0.6) is 0 Å². The Morgan fingerprint density at radius 3 is 1.97 bits per heavy atom. The summed E-state index contributed by atoms with van der Waals surface area (Å²) in [5.74, 6) is -10.3. The van der Waals surface area contributed by atoms with E-state index in [9.17, 15) is 41.1 Å². The second kappa shape index (κ2) is 10.5. The zero-order valence-electron chi connectivity index (χ0n) is 17.5. The summed E-state index contributed by atoms with van der Waals surface area (Å²) in [5.41, 5.74) is 2.91. The zero-order valence-corrected chi connectivity index (χ0v) is 19.1. The Hall–Kier alpha value is -4.33. The van der Waals surface area contributed by atoms with E-state index in [1.54, 1.807) is 5.32 Å². The Kier molecular flexibility index (Phi) is 7.68. The van der Waals surface area contributed by atoms with Gasteiger partial charge in [-0.05, 0) is 58.4 Å². The Morgan fingerprint density at radius 1 is 0.833 bits per heavy atom. The molecule has 0 saturated heterocycles. The summed E-state index contributed by atoms with van der Waals surface area (Å²) in [5, 5.41) is 3.89. The van der Waals surface area contributed by atoms with Crippen molar-refractivity contribution in [3.05, 3.63) is 93.2 Å². The zero-order chi connectivity index (χ0) is 26.7. The molecule has 0 unspecified atom stereocenters. The number of rotatable bonds is 4. The molecule has 14 heteroatoms. The van der Waals surface area contributed by atoms with Gasteiger partial charge >= 0.3 is 12.1 Å². The summed E-state index contributed by atoms with van der Waals surface area (Å²) >= 11 is 2.75. The second-order valence-corrected chi connectivity index (χ2v) is 7.73. The number of benzene rings is 3. The third-order valence-corrected chi connectivity index (χ3v) is 5.15. The average Bonchev–Trinajstić information content (AvgIpc) is 2.80. The maximum absolute atomic E-state index is 14.3.